The van der Waals surface area contributed by atoms with E-state index in [1.807, 2.05) is 18.2 Å². The maximum absolute atomic E-state index is 13.9. The third-order valence-corrected chi connectivity index (χ3v) is 4.60. The standard InChI is InChI=1S/C20H20FN3O/c1-25-19-4-2-15(12-17(19)21)18-8-11-24-13-16(3-5-20(24)23-18)14-6-9-22-10-7-14/h2-6,8,12-13,22H,7,9-11H2,1H3. The summed E-state index contributed by atoms with van der Waals surface area (Å²) in [5, 5.41) is 3.33. The first-order valence-corrected chi connectivity index (χ1v) is 8.44. The molecular weight excluding hydrogens is 317 g/mol. The van der Waals surface area contributed by atoms with Crippen LogP contribution in [0.1, 0.15) is 12.0 Å². The fourth-order valence-corrected chi connectivity index (χ4v) is 3.22. The van der Waals surface area contributed by atoms with Crippen molar-refractivity contribution in [1.82, 2.24) is 10.2 Å². The number of hydrogen-bond acceptors (Lipinski definition) is 4. The fraction of sp³-hybridized carbons (Fsp3) is 0.250. The molecule has 4 nitrogen and oxygen atoms in total. The summed E-state index contributed by atoms with van der Waals surface area (Å²) in [6.07, 6.45) is 11.6. The zero-order valence-electron chi connectivity index (χ0n) is 14.1. The quantitative estimate of drug-likeness (QED) is 0.920. The van der Waals surface area contributed by atoms with Crippen LogP contribution in [0.5, 0.6) is 5.75 Å². The van der Waals surface area contributed by atoms with Gasteiger partial charge in [0.05, 0.1) is 12.8 Å². The Bertz CT molecular complexity index is 848. The second-order valence-corrected chi connectivity index (χ2v) is 6.16. The van der Waals surface area contributed by atoms with Crippen LogP contribution in [0.2, 0.25) is 0 Å². The van der Waals surface area contributed by atoms with E-state index in [1.165, 1.54) is 24.3 Å². The number of methoxy groups -OCH3 is 1. The van der Waals surface area contributed by atoms with E-state index in [0.29, 0.717) is 0 Å². The first-order chi connectivity index (χ1) is 12.2. The van der Waals surface area contributed by atoms with Crippen molar-refractivity contribution in [3.63, 3.8) is 0 Å². The number of amidine groups is 1. The number of allylic oxidation sites excluding steroid dienone is 2. The highest BCUT2D eigenvalue weighted by atomic mass is 19.1. The summed E-state index contributed by atoms with van der Waals surface area (Å²) in [4.78, 5) is 6.81. The lowest BCUT2D eigenvalue weighted by molar-refractivity contribution is 0.386. The van der Waals surface area contributed by atoms with E-state index in [4.69, 9.17) is 4.74 Å². The van der Waals surface area contributed by atoms with Crippen LogP contribution < -0.4 is 10.1 Å². The van der Waals surface area contributed by atoms with Crippen LogP contribution in [0.4, 0.5) is 4.39 Å². The summed E-state index contributed by atoms with van der Waals surface area (Å²) in [6, 6.07) is 4.94. The third-order valence-electron chi connectivity index (χ3n) is 4.60. The predicted octanol–water partition coefficient (Wildman–Crippen LogP) is 3.26. The molecule has 0 radical (unpaired) electrons. The molecule has 0 aromatic heterocycles. The molecule has 0 saturated heterocycles. The molecule has 3 heterocycles. The smallest absolute Gasteiger partial charge is 0.165 e. The van der Waals surface area contributed by atoms with E-state index < -0.39 is 0 Å². The Balaban J connectivity index is 1.56. The lowest BCUT2D eigenvalue weighted by Gasteiger charge is -2.28. The van der Waals surface area contributed by atoms with Crippen molar-refractivity contribution in [1.29, 1.82) is 0 Å². The van der Waals surface area contributed by atoms with E-state index in [2.05, 4.69) is 33.6 Å². The van der Waals surface area contributed by atoms with Crippen LogP contribution >= 0.6 is 0 Å². The molecule has 0 aliphatic carbocycles. The van der Waals surface area contributed by atoms with Gasteiger partial charge in [-0.3, -0.25) is 0 Å². The number of aliphatic imine (C=N–C) groups is 1. The van der Waals surface area contributed by atoms with Gasteiger partial charge in [-0.2, -0.15) is 0 Å². The molecule has 5 heteroatoms. The molecule has 0 atom stereocenters. The summed E-state index contributed by atoms with van der Waals surface area (Å²) in [6.45, 7) is 2.67. The topological polar surface area (TPSA) is 36.9 Å². The molecule has 3 aliphatic heterocycles. The maximum atomic E-state index is 13.9. The molecule has 3 aliphatic rings. The fourth-order valence-electron chi connectivity index (χ4n) is 3.22. The van der Waals surface area contributed by atoms with Crippen LogP contribution in [0.25, 0.3) is 5.70 Å². The highest BCUT2D eigenvalue weighted by molar-refractivity contribution is 6.00. The molecule has 0 amide bonds. The van der Waals surface area contributed by atoms with Gasteiger partial charge in [0, 0.05) is 24.9 Å². The highest BCUT2D eigenvalue weighted by Crippen LogP contribution is 2.28. The molecule has 0 unspecified atom stereocenters. The van der Waals surface area contributed by atoms with Gasteiger partial charge >= 0.3 is 0 Å². The van der Waals surface area contributed by atoms with Gasteiger partial charge in [-0.05, 0) is 60.5 Å². The lowest BCUT2D eigenvalue weighted by atomic mass is 9.98. The maximum Gasteiger partial charge on any atom is 0.165 e. The molecule has 4 rings (SSSR count). The Morgan fingerprint density at radius 3 is 2.92 bits per heavy atom. The van der Waals surface area contributed by atoms with Crippen LogP contribution in [0, 0.1) is 5.82 Å². The lowest BCUT2D eigenvalue weighted by Crippen LogP contribution is -2.30. The van der Waals surface area contributed by atoms with Gasteiger partial charge in [0.15, 0.2) is 11.6 Å². The second-order valence-electron chi connectivity index (χ2n) is 6.16. The summed E-state index contributed by atoms with van der Waals surface area (Å²) in [7, 11) is 1.46. The minimum Gasteiger partial charge on any atom is -0.494 e. The number of benzene rings is 1. The van der Waals surface area contributed by atoms with Crippen molar-refractivity contribution >= 4 is 11.5 Å². The Morgan fingerprint density at radius 1 is 1.24 bits per heavy atom. The highest BCUT2D eigenvalue weighted by Gasteiger charge is 2.19. The molecular formula is C20H20FN3O. The van der Waals surface area contributed by atoms with Crippen LogP contribution in [-0.2, 0) is 0 Å². The minimum atomic E-state index is -0.372. The van der Waals surface area contributed by atoms with E-state index in [1.54, 1.807) is 6.07 Å². The Kier molecular flexibility index (Phi) is 4.24. The second kappa shape index (κ2) is 6.69. The van der Waals surface area contributed by atoms with Gasteiger partial charge < -0.3 is 15.0 Å². The van der Waals surface area contributed by atoms with Crippen molar-refractivity contribution in [3.05, 3.63) is 71.2 Å². The molecule has 128 valence electrons. The van der Waals surface area contributed by atoms with Crippen LogP contribution in [0.3, 0.4) is 0 Å². The SMILES string of the molecule is COc1ccc(C2=CCN3C=C(C4=CCNCC4)C=CC3=N2)cc1F. The van der Waals surface area contributed by atoms with Crippen LogP contribution in [0.15, 0.2) is 64.8 Å². The van der Waals surface area contributed by atoms with Gasteiger partial charge in [-0.25, -0.2) is 9.38 Å². The molecule has 0 bridgehead atoms. The predicted molar refractivity (Wildman–Crippen MR) is 97.9 cm³/mol. The number of fused-ring (bicyclic) bond motifs is 1. The number of rotatable bonds is 3. The monoisotopic (exact) mass is 337 g/mol. The molecule has 0 fully saturated rings. The zero-order chi connectivity index (χ0) is 17.2. The summed E-state index contributed by atoms with van der Waals surface area (Å²) < 4.78 is 18.9. The van der Waals surface area contributed by atoms with Gasteiger partial charge in [0.2, 0.25) is 0 Å². The molecule has 1 aromatic carbocycles. The first-order valence-electron chi connectivity index (χ1n) is 8.44. The molecule has 1 N–H and O–H groups in total. The van der Waals surface area contributed by atoms with Crippen molar-refractivity contribution in [2.75, 3.05) is 26.7 Å². The van der Waals surface area contributed by atoms with Crippen LogP contribution in [-0.4, -0.2) is 37.5 Å². The Morgan fingerprint density at radius 2 is 2.16 bits per heavy atom. The van der Waals surface area contributed by atoms with Crippen molar-refractivity contribution in [2.24, 2.45) is 4.99 Å². The summed E-state index contributed by atoms with van der Waals surface area (Å²) >= 11 is 0. The van der Waals surface area contributed by atoms with E-state index in [9.17, 15) is 4.39 Å². The molecule has 25 heavy (non-hydrogen) atoms. The largest absolute Gasteiger partial charge is 0.494 e. The number of halogens is 1. The average molecular weight is 337 g/mol. The minimum absolute atomic E-state index is 0.245. The van der Waals surface area contributed by atoms with E-state index >= 15 is 0 Å². The zero-order valence-corrected chi connectivity index (χ0v) is 14.1. The number of nitrogens with one attached hydrogen (secondary N) is 1. The normalized spacial score (nSPS) is 19.5. The van der Waals surface area contributed by atoms with Gasteiger partial charge in [0.1, 0.15) is 5.84 Å². The van der Waals surface area contributed by atoms with Crippen molar-refractivity contribution in [2.45, 2.75) is 6.42 Å². The molecule has 0 spiro atoms. The van der Waals surface area contributed by atoms with Gasteiger partial charge in [-0.1, -0.05) is 6.08 Å². The average Bonchev–Trinajstić information content (AvgIpc) is 2.68. The number of ether oxygens (including phenoxy) is 1. The summed E-state index contributed by atoms with van der Waals surface area (Å²) in [5.41, 5.74) is 4.17. The Labute approximate surface area is 146 Å². The molecule has 1 aromatic rings. The Hall–Kier alpha value is -2.66. The number of nitrogens with zero attached hydrogens (tertiary/aromatic N) is 2. The van der Waals surface area contributed by atoms with Gasteiger partial charge in [0.25, 0.3) is 0 Å². The number of hydrogen-bond donors (Lipinski definition) is 1. The summed E-state index contributed by atoms with van der Waals surface area (Å²) in [5.74, 6) is 0.754. The first kappa shape index (κ1) is 15.8. The third kappa shape index (κ3) is 3.15. The van der Waals surface area contributed by atoms with E-state index in [-0.39, 0.29) is 11.6 Å². The van der Waals surface area contributed by atoms with Gasteiger partial charge in [-0.15, -0.1) is 0 Å². The molecule has 0 saturated carbocycles. The van der Waals surface area contributed by atoms with Crippen molar-refractivity contribution in [3.8, 4) is 5.75 Å². The van der Waals surface area contributed by atoms with E-state index in [0.717, 1.165) is 43.2 Å². The van der Waals surface area contributed by atoms with Crippen molar-refractivity contribution < 1.29 is 9.13 Å².